The van der Waals surface area contributed by atoms with E-state index >= 15 is 0 Å². The van der Waals surface area contributed by atoms with Gasteiger partial charge in [-0.3, -0.25) is 14.2 Å². The van der Waals surface area contributed by atoms with Crippen LogP contribution >= 0.6 is 27.7 Å². The van der Waals surface area contributed by atoms with Crippen LogP contribution in [0.25, 0.3) is 11.0 Å². The number of benzene rings is 1. The lowest BCUT2D eigenvalue weighted by Crippen LogP contribution is -2.26. The van der Waals surface area contributed by atoms with Gasteiger partial charge in [0.1, 0.15) is 5.52 Å². The molecule has 0 aliphatic heterocycles. The first-order valence-corrected chi connectivity index (χ1v) is 10.9. The van der Waals surface area contributed by atoms with Gasteiger partial charge in [-0.2, -0.15) is 0 Å². The van der Waals surface area contributed by atoms with E-state index in [9.17, 15) is 9.59 Å². The van der Waals surface area contributed by atoms with E-state index in [1.165, 1.54) is 11.8 Å². The van der Waals surface area contributed by atoms with Crippen LogP contribution < -0.4 is 10.9 Å². The van der Waals surface area contributed by atoms with Crippen molar-refractivity contribution in [3.63, 3.8) is 0 Å². The molecule has 8 heteroatoms. The Kier molecular flexibility index (Phi) is 6.30. The molecule has 2 aromatic heterocycles. The molecule has 2 heterocycles. The highest BCUT2D eigenvalue weighted by atomic mass is 79.9. The number of amides is 1. The van der Waals surface area contributed by atoms with Gasteiger partial charge in [-0.25, -0.2) is 4.98 Å². The summed E-state index contributed by atoms with van der Waals surface area (Å²) >= 11 is 4.74. The molecule has 1 aromatic carbocycles. The summed E-state index contributed by atoms with van der Waals surface area (Å²) < 4.78 is 2.52. The molecule has 0 bridgehead atoms. The molecule has 1 amide bonds. The highest BCUT2D eigenvalue weighted by Crippen LogP contribution is 2.25. The Morgan fingerprint density at radius 1 is 1.36 bits per heavy atom. The molecule has 0 aliphatic carbocycles. The van der Waals surface area contributed by atoms with Crippen molar-refractivity contribution < 1.29 is 4.79 Å². The minimum absolute atomic E-state index is 0.00943. The average molecular weight is 463 g/mol. The van der Waals surface area contributed by atoms with Crippen LogP contribution in [0.3, 0.4) is 0 Å². The van der Waals surface area contributed by atoms with Crippen molar-refractivity contribution in [3.8, 4) is 0 Å². The number of rotatable bonds is 6. The number of carbonyl (C=O) groups is 1. The van der Waals surface area contributed by atoms with Gasteiger partial charge in [-0.1, -0.05) is 24.8 Å². The third-order valence-corrected chi connectivity index (χ3v) is 6.16. The van der Waals surface area contributed by atoms with E-state index in [2.05, 4.69) is 31.2 Å². The predicted molar refractivity (Wildman–Crippen MR) is 118 cm³/mol. The average Bonchev–Trinajstić information content (AvgIpc) is 3.02. The lowest BCUT2D eigenvalue weighted by atomic mass is 10.2. The summed E-state index contributed by atoms with van der Waals surface area (Å²) in [5, 5.41) is 3.46. The van der Waals surface area contributed by atoms with Crippen LogP contribution in [-0.2, 0) is 4.79 Å². The third kappa shape index (κ3) is 4.33. The van der Waals surface area contributed by atoms with Crippen LogP contribution in [0.4, 0.5) is 5.69 Å². The first-order chi connectivity index (χ1) is 13.3. The number of anilines is 1. The molecule has 0 radical (unpaired) electrons. The number of nitrogens with zero attached hydrogens (tertiary/aromatic N) is 2. The summed E-state index contributed by atoms with van der Waals surface area (Å²) in [4.78, 5) is 33.1. The number of thioether (sulfide) groups is 1. The summed E-state index contributed by atoms with van der Waals surface area (Å²) in [6, 6.07) is 7.60. The van der Waals surface area contributed by atoms with Gasteiger partial charge in [-0.15, -0.1) is 0 Å². The zero-order valence-electron chi connectivity index (χ0n) is 16.3. The van der Waals surface area contributed by atoms with Crippen molar-refractivity contribution in [1.29, 1.82) is 0 Å². The third-order valence-electron chi connectivity index (χ3n) is 4.55. The fourth-order valence-corrected chi connectivity index (χ4v) is 4.39. The van der Waals surface area contributed by atoms with E-state index < -0.39 is 0 Å². The van der Waals surface area contributed by atoms with Gasteiger partial charge in [0.25, 0.3) is 5.56 Å². The van der Waals surface area contributed by atoms with Crippen molar-refractivity contribution >= 4 is 50.3 Å². The van der Waals surface area contributed by atoms with E-state index in [0.29, 0.717) is 16.2 Å². The molecule has 0 saturated heterocycles. The first kappa shape index (κ1) is 20.7. The van der Waals surface area contributed by atoms with Crippen molar-refractivity contribution in [2.75, 3.05) is 11.1 Å². The Morgan fingerprint density at radius 2 is 2.11 bits per heavy atom. The molecule has 2 N–H and O–H groups in total. The van der Waals surface area contributed by atoms with Gasteiger partial charge in [0.2, 0.25) is 5.91 Å². The van der Waals surface area contributed by atoms with Crippen molar-refractivity contribution in [2.24, 2.45) is 0 Å². The van der Waals surface area contributed by atoms with Crippen LogP contribution in [-0.4, -0.2) is 26.2 Å². The molecule has 28 heavy (non-hydrogen) atoms. The van der Waals surface area contributed by atoms with Crippen LogP contribution in [0.2, 0.25) is 0 Å². The SMILES string of the molecule is CC[C@H](C)n1c(SCC(=O)Nc2ccc(C)cc2Br)nc2cc(C)[nH]c2c1=O. The van der Waals surface area contributed by atoms with Crippen molar-refractivity contribution in [3.05, 3.63) is 50.3 Å². The summed E-state index contributed by atoms with van der Waals surface area (Å²) in [6.45, 7) is 7.90. The van der Waals surface area contributed by atoms with Gasteiger partial charge in [0.15, 0.2) is 5.16 Å². The molecule has 1 atom stereocenters. The van der Waals surface area contributed by atoms with E-state index in [-0.39, 0.29) is 23.3 Å². The molecule has 6 nitrogen and oxygen atoms in total. The smallest absolute Gasteiger partial charge is 0.278 e. The number of hydrogen-bond acceptors (Lipinski definition) is 4. The highest BCUT2D eigenvalue weighted by molar-refractivity contribution is 9.10. The van der Waals surface area contributed by atoms with Gasteiger partial charge in [0.05, 0.1) is 17.0 Å². The highest BCUT2D eigenvalue weighted by Gasteiger charge is 2.18. The topological polar surface area (TPSA) is 79.8 Å². The largest absolute Gasteiger partial charge is 0.353 e. The zero-order valence-corrected chi connectivity index (χ0v) is 18.7. The molecular weight excluding hydrogens is 440 g/mol. The van der Waals surface area contributed by atoms with E-state index in [4.69, 9.17) is 0 Å². The van der Waals surface area contributed by atoms with Crippen LogP contribution in [0.15, 0.2) is 38.7 Å². The second-order valence-electron chi connectivity index (χ2n) is 6.86. The Balaban J connectivity index is 1.84. The Hall–Kier alpha value is -2.06. The summed E-state index contributed by atoms with van der Waals surface area (Å²) in [7, 11) is 0. The van der Waals surface area contributed by atoms with E-state index in [0.717, 1.165) is 27.8 Å². The second kappa shape index (κ2) is 8.53. The fraction of sp³-hybridized carbons (Fsp3) is 0.350. The second-order valence-corrected chi connectivity index (χ2v) is 8.66. The van der Waals surface area contributed by atoms with Crippen molar-refractivity contribution in [1.82, 2.24) is 14.5 Å². The molecule has 0 fully saturated rings. The Bertz CT molecular complexity index is 1090. The van der Waals surface area contributed by atoms with Gasteiger partial charge >= 0.3 is 0 Å². The van der Waals surface area contributed by atoms with Crippen LogP contribution in [0.1, 0.15) is 37.6 Å². The molecular formula is C20H23BrN4O2S. The Labute approximate surface area is 176 Å². The minimum Gasteiger partial charge on any atom is -0.353 e. The molecule has 0 spiro atoms. The zero-order chi connectivity index (χ0) is 20.4. The van der Waals surface area contributed by atoms with Gasteiger partial charge in [0, 0.05) is 16.2 Å². The maximum absolute atomic E-state index is 12.9. The first-order valence-electron chi connectivity index (χ1n) is 9.10. The lowest BCUT2D eigenvalue weighted by Gasteiger charge is -2.17. The summed E-state index contributed by atoms with van der Waals surface area (Å²) in [5.74, 6) is 0.0165. The molecule has 3 rings (SSSR count). The molecule has 0 saturated carbocycles. The number of halogens is 1. The predicted octanol–water partition coefficient (Wildman–Crippen LogP) is 4.81. The maximum Gasteiger partial charge on any atom is 0.278 e. The number of fused-ring (bicyclic) bond motifs is 1. The van der Waals surface area contributed by atoms with Gasteiger partial charge < -0.3 is 10.3 Å². The van der Waals surface area contributed by atoms with Crippen LogP contribution in [0, 0.1) is 13.8 Å². The lowest BCUT2D eigenvalue weighted by molar-refractivity contribution is -0.113. The molecule has 0 unspecified atom stereocenters. The van der Waals surface area contributed by atoms with Crippen LogP contribution in [0.5, 0.6) is 0 Å². The number of aryl methyl sites for hydroxylation is 2. The van der Waals surface area contributed by atoms with E-state index in [1.807, 2.05) is 52.0 Å². The number of hydrogen-bond donors (Lipinski definition) is 2. The monoisotopic (exact) mass is 462 g/mol. The molecule has 3 aromatic rings. The maximum atomic E-state index is 12.9. The standard InChI is InChI=1S/C20H23BrN4O2S/c1-5-13(4)25-19(27)18-16(9-12(3)22-18)24-20(25)28-10-17(26)23-15-7-6-11(2)8-14(15)21/h6-9,13,22H,5,10H2,1-4H3,(H,23,26)/t13-/m0/s1. The number of H-pyrrole nitrogens is 1. The summed E-state index contributed by atoms with van der Waals surface area (Å²) in [6.07, 6.45) is 0.794. The van der Waals surface area contributed by atoms with E-state index in [1.54, 1.807) is 4.57 Å². The minimum atomic E-state index is -0.148. The van der Waals surface area contributed by atoms with Crippen molar-refractivity contribution in [2.45, 2.75) is 45.3 Å². The Morgan fingerprint density at radius 3 is 2.79 bits per heavy atom. The number of nitrogens with one attached hydrogen (secondary N) is 2. The fourth-order valence-electron chi connectivity index (χ4n) is 2.90. The normalized spacial score (nSPS) is 12.3. The number of aromatic nitrogens is 3. The van der Waals surface area contributed by atoms with Gasteiger partial charge in [-0.05, 0) is 66.9 Å². The molecule has 0 aliphatic rings. The number of carbonyl (C=O) groups excluding carboxylic acids is 1. The quantitative estimate of drug-likeness (QED) is 0.406. The summed E-state index contributed by atoms with van der Waals surface area (Å²) in [5.41, 5.74) is 3.76. The number of aromatic amines is 1. The molecule has 148 valence electrons.